The molecule has 0 saturated heterocycles. The summed E-state index contributed by atoms with van der Waals surface area (Å²) >= 11 is 0. The molecule has 0 fully saturated rings. The number of carboxylic acid groups (broad SMARTS) is 1. The second kappa shape index (κ2) is 8.35. The quantitative estimate of drug-likeness (QED) is 0.688. The minimum atomic E-state index is -1.08. The number of hydrogen-bond acceptors (Lipinski definition) is 4. The molecule has 0 aromatic heterocycles. The number of nitrogens with zero attached hydrogens (tertiary/aromatic N) is 1. The Bertz CT molecular complexity index is 849. The van der Waals surface area contributed by atoms with Crippen molar-refractivity contribution in [3.8, 4) is 0 Å². The van der Waals surface area contributed by atoms with Crippen molar-refractivity contribution in [2.75, 3.05) is 29.9 Å². The van der Waals surface area contributed by atoms with Gasteiger partial charge in [0.15, 0.2) is 0 Å². The fraction of sp³-hybridized carbons (Fsp3) is 0.250. The fourth-order valence-corrected chi connectivity index (χ4v) is 3.07. The van der Waals surface area contributed by atoms with Crippen molar-refractivity contribution in [3.63, 3.8) is 0 Å². The Hall–Kier alpha value is -3.35. The van der Waals surface area contributed by atoms with Crippen LogP contribution in [0.1, 0.15) is 11.1 Å². The standard InChI is InChI=1S/C20H21N3O4/c24-18(21-12-20(26)27)11-14-5-7-16(8-6-14)22-19(25)13-23-10-9-15-3-1-2-4-17(15)23/h1-8H,9-13H2,(H,21,24)(H,22,25)(H,26,27). The van der Waals surface area contributed by atoms with Gasteiger partial charge in [-0.05, 0) is 35.7 Å². The van der Waals surface area contributed by atoms with Crippen molar-refractivity contribution in [2.24, 2.45) is 0 Å². The molecule has 2 amide bonds. The third kappa shape index (κ3) is 5.07. The summed E-state index contributed by atoms with van der Waals surface area (Å²) < 4.78 is 0. The monoisotopic (exact) mass is 367 g/mol. The zero-order valence-electron chi connectivity index (χ0n) is 14.8. The molecule has 0 aliphatic carbocycles. The lowest BCUT2D eigenvalue weighted by molar-refractivity contribution is -0.137. The maximum Gasteiger partial charge on any atom is 0.322 e. The van der Waals surface area contributed by atoms with E-state index in [4.69, 9.17) is 5.11 Å². The zero-order chi connectivity index (χ0) is 19.2. The molecule has 2 aromatic carbocycles. The Morgan fingerprint density at radius 2 is 1.74 bits per heavy atom. The van der Waals surface area contributed by atoms with Crippen LogP contribution in [0, 0.1) is 0 Å². The van der Waals surface area contributed by atoms with Gasteiger partial charge in [0, 0.05) is 17.9 Å². The summed E-state index contributed by atoms with van der Waals surface area (Å²) in [6.07, 6.45) is 1.04. The first-order chi connectivity index (χ1) is 13.0. The minimum Gasteiger partial charge on any atom is -0.480 e. The molecule has 3 N–H and O–H groups in total. The second-order valence-corrected chi connectivity index (χ2v) is 6.39. The number of anilines is 2. The maximum absolute atomic E-state index is 12.3. The summed E-state index contributed by atoms with van der Waals surface area (Å²) in [7, 11) is 0. The lowest BCUT2D eigenvalue weighted by Gasteiger charge is -2.18. The summed E-state index contributed by atoms with van der Waals surface area (Å²) in [6, 6.07) is 15.0. The molecule has 1 aliphatic heterocycles. The van der Waals surface area contributed by atoms with Gasteiger partial charge < -0.3 is 20.6 Å². The van der Waals surface area contributed by atoms with E-state index in [-0.39, 0.29) is 24.8 Å². The predicted molar refractivity (Wildman–Crippen MR) is 102 cm³/mol. The third-order valence-corrected chi connectivity index (χ3v) is 4.36. The summed E-state index contributed by atoms with van der Waals surface area (Å²) in [4.78, 5) is 36.4. The first-order valence-corrected chi connectivity index (χ1v) is 8.71. The highest BCUT2D eigenvalue weighted by atomic mass is 16.4. The van der Waals surface area contributed by atoms with Crippen LogP contribution < -0.4 is 15.5 Å². The smallest absolute Gasteiger partial charge is 0.322 e. The van der Waals surface area contributed by atoms with E-state index in [1.165, 1.54) is 5.56 Å². The van der Waals surface area contributed by atoms with E-state index >= 15 is 0 Å². The Kier molecular flexibility index (Phi) is 5.71. The molecular formula is C20H21N3O4. The number of benzene rings is 2. The van der Waals surface area contributed by atoms with E-state index in [1.807, 2.05) is 18.2 Å². The minimum absolute atomic E-state index is 0.0894. The summed E-state index contributed by atoms with van der Waals surface area (Å²) in [5.41, 5.74) is 3.76. The molecule has 0 spiro atoms. The molecule has 0 unspecified atom stereocenters. The van der Waals surface area contributed by atoms with E-state index in [9.17, 15) is 14.4 Å². The van der Waals surface area contributed by atoms with Gasteiger partial charge in [-0.15, -0.1) is 0 Å². The summed E-state index contributed by atoms with van der Waals surface area (Å²) in [6.45, 7) is 0.722. The molecular weight excluding hydrogens is 346 g/mol. The number of aliphatic carboxylic acids is 1. The Morgan fingerprint density at radius 3 is 2.48 bits per heavy atom. The lowest BCUT2D eigenvalue weighted by Crippen LogP contribution is -2.31. The molecule has 7 nitrogen and oxygen atoms in total. The molecule has 0 atom stereocenters. The number of carbonyl (C=O) groups is 3. The van der Waals surface area contributed by atoms with E-state index in [0.717, 1.165) is 24.2 Å². The van der Waals surface area contributed by atoms with Gasteiger partial charge in [-0.2, -0.15) is 0 Å². The van der Waals surface area contributed by atoms with Crippen molar-refractivity contribution in [2.45, 2.75) is 12.8 Å². The normalized spacial score (nSPS) is 12.4. The van der Waals surface area contributed by atoms with E-state index < -0.39 is 12.5 Å². The van der Waals surface area contributed by atoms with Crippen molar-refractivity contribution in [1.29, 1.82) is 0 Å². The largest absolute Gasteiger partial charge is 0.480 e. The predicted octanol–water partition coefficient (Wildman–Crippen LogP) is 1.43. The van der Waals surface area contributed by atoms with E-state index in [0.29, 0.717) is 5.69 Å². The highest BCUT2D eigenvalue weighted by molar-refractivity contribution is 5.94. The molecule has 140 valence electrons. The molecule has 27 heavy (non-hydrogen) atoms. The number of nitrogens with one attached hydrogen (secondary N) is 2. The van der Waals surface area contributed by atoms with Crippen molar-refractivity contribution < 1.29 is 19.5 Å². The van der Waals surface area contributed by atoms with Crippen LogP contribution in [-0.2, 0) is 27.2 Å². The van der Waals surface area contributed by atoms with Gasteiger partial charge in [0.25, 0.3) is 0 Å². The highest BCUT2D eigenvalue weighted by Crippen LogP contribution is 2.27. The summed E-state index contributed by atoms with van der Waals surface area (Å²) in [5.74, 6) is -1.54. The van der Waals surface area contributed by atoms with Crippen LogP contribution >= 0.6 is 0 Å². The number of para-hydroxylation sites is 1. The molecule has 0 radical (unpaired) electrons. The van der Waals surface area contributed by atoms with E-state index in [1.54, 1.807) is 24.3 Å². The van der Waals surface area contributed by atoms with Crippen LogP contribution in [-0.4, -0.2) is 42.5 Å². The fourth-order valence-electron chi connectivity index (χ4n) is 3.07. The van der Waals surface area contributed by atoms with Gasteiger partial charge in [0.05, 0.1) is 13.0 Å². The van der Waals surface area contributed by atoms with Crippen molar-refractivity contribution >= 4 is 29.2 Å². The van der Waals surface area contributed by atoms with Gasteiger partial charge >= 0.3 is 5.97 Å². The molecule has 0 saturated carbocycles. The maximum atomic E-state index is 12.3. The van der Waals surface area contributed by atoms with Crippen LogP contribution in [0.3, 0.4) is 0 Å². The topological polar surface area (TPSA) is 98.7 Å². The Balaban J connectivity index is 1.50. The van der Waals surface area contributed by atoms with Crippen LogP contribution in [0.25, 0.3) is 0 Å². The van der Waals surface area contributed by atoms with Gasteiger partial charge in [-0.3, -0.25) is 14.4 Å². The Morgan fingerprint density at radius 1 is 1.00 bits per heavy atom. The van der Waals surface area contributed by atoms with Crippen LogP contribution in [0.5, 0.6) is 0 Å². The molecule has 1 heterocycles. The van der Waals surface area contributed by atoms with Gasteiger partial charge in [0.1, 0.15) is 6.54 Å². The van der Waals surface area contributed by atoms with E-state index in [2.05, 4.69) is 21.6 Å². The molecule has 1 aliphatic rings. The SMILES string of the molecule is O=C(O)CNC(=O)Cc1ccc(NC(=O)CN2CCc3ccccc32)cc1. The first-order valence-electron chi connectivity index (χ1n) is 8.71. The van der Waals surface area contributed by atoms with Gasteiger partial charge in [-0.25, -0.2) is 0 Å². The van der Waals surface area contributed by atoms with Crippen LogP contribution in [0.4, 0.5) is 11.4 Å². The third-order valence-electron chi connectivity index (χ3n) is 4.36. The number of carboxylic acids is 1. The first kappa shape index (κ1) is 18.4. The number of hydrogen-bond donors (Lipinski definition) is 3. The molecule has 3 rings (SSSR count). The lowest BCUT2D eigenvalue weighted by atomic mass is 10.1. The molecule has 0 bridgehead atoms. The molecule has 7 heteroatoms. The van der Waals surface area contributed by atoms with Crippen molar-refractivity contribution in [3.05, 3.63) is 59.7 Å². The number of carbonyl (C=O) groups excluding carboxylic acids is 2. The second-order valence-electron chi connectivity index (χ2n) is 6.39. The number of amides is 2. The zero-order valence-corrected chi connectivity index (χ0v) is 14.8. The average Bonchev–Trinajstić information content (AvgIpc) is 3.04. The Labute approximate surface area is 157 Å². The van der Waals surface area contributed by atoms with Gasteiger partial charge in [-0.1, -0.05) is 30.3 Å². The summed E-state index contributed by atoms with van der Waals surface area (Å²) in [5, 5.41) is 13.7. The highest BCUT2D eigenvalue weighted by Gasteiger charge is 2.20. The van der Waals surface area contributed by atoms with Gasteiger partial charge in [0.2, 0.25) is 11.8 Å². The van der Waals surface area contributed by atoms with Crippen LogP contribution in [0.2, 0.25) is 0 Å². The average molecular weight is 367 g/mol. The van der Waals surface area contributed by atoms with Crippen LogP contribution in [0.15, 0.2) is 48.5 Å². The van der Waals surface area contributed by atoms with Crippen molar-refractivity contribution in [1.82, 2.24) is 5.32 Å². The number of fused-ring (bicyclic) bond motifs is 1. The molecule has 2 aromatic rings. The number of rotatable bonds is 7.